The Hall–Kier alpha value is -5.50. The Labute approximate surface area is 293 Å². The van der Waals surface area contributed by atoms with Gasteiger partial charge in [0, 0.05) is 47.7 Å². The second-order valence-electron chi connectivity index (χ2n) is 13.4. The van der Waals surface area contributed by atoms with Crippen molar-refractivity contribution < 1.29 is 36.3 Å². The summed E-state index contributed by atoms with van der Waals surface area (Å²) in [7, 11) is -2.78. The number of nitrogens with zero attached hydrogens (tertiary/aromatic N) is 2. The van der Waals surface area contributed by atoms with Crippen molar-refractivity contribution in [3.05, 3.63) is 107 Å². The first kappa shape index (κ1) is 36.8. The molecule has 0 aliphatic heterocycles. The van der Waals surface area contributed by atoms with Gasteiger partial charge in [0.25, 0.3) is 15.6 Å². The lowest BCUT2D eigenvalue weighted by molar-refractivity contribution is -0.119. The summed E-state index contributed by atoms with van der Waals surface area (Å²) in [4.78, 5) is 39.6. The van der Waals surface area contributed by atoms with Crippen LogP contribution in [0.4, 0.5) is 19.3 Å². The number of aryl methyl sites for hydroxylation is 2. The lowest BCUT2D eigenvalue weighted by Crippen LogP contribution is -2.48. The number of ether oxygens (including phenoxy) is 2. The number of halogens is 2. The summed E-state index contributed by atoms with van der Waals surface area (Å²) >= 11 is 0. The number of anilines is 1. The van der Waals surface area contributed by atoms with E-state index in [4.69, 9.17) is 9.47 Å². The van der Waals surface area contributed by atoms with Crippen LogP contribution >= 0.6 is 0 Å². The summed E-state index contributed by atoms with van der Waals surface area (Å²) in [5.74, 6) is -2.97. The number of carbonyl (C=O) groups excluding carboxylic acids is 2. The van der Waals surface area contributed by atoms with Gasteiger partial charge in [-0.15, -0.1) is 0 Å². The fourth-order valence-corrected chi connectivity index (χ4v) is 6.69. The predicted molar refractivity (Wildman–Crippen MR) is 189 cm³/mol. The first-order valence-corrected chi connectivity index (χ1v) is 17.4. The zero-order valence-corrected chi connectivity index (χ0v) is 29.9. The maximum atomic E-state index is 14.8. The monoisotopic (exact) mass is 720 g/mol. The standard InChI is InChI=1S/C37H38F2N4O7S/c1-21(2)32(41-36(46)50-37(4,5)6)34(44)40-24-11-15-30(49-31-14-10-23(38)18-29(31)39)27(19-24)28-20-42(7)35(45)33-26(28)16-17-43(33)51(47,48)25-12-8-22(3)9-13-25/h8-21,32H,1-7H3,(H,40,44)(H,41,46)/t32-/m0/s1. The highest BCUT2D eigenvalue weighted by atomic mass is 32.2. The number of alkyl carbamates (subject to hydrolysis) is 1. The number of aromatic nitrogens is 2. The number of nitrogens with one attached hydrogen (secondary N) is 2. The molecule has 0 bridgehead atoms. The summed E-state index contributed by atoms with van der Waals surface area (Å²) in [5, 5.41) is 5.60. The van der Waals surface area contributed by atoms with Crippen LogP contribution in [0, 0.1) is 24.5 Å². The molecule has 0 saturated heterocycles. The SMILES string of the molecule is Cc1ccc(S(=O)(=O)n2ccc3c(-c4cc(NC(=O)[C@@H](NC(=O)OC(C)(C)C)C(C)C)ccc4Oc4ccc(F)cc4F)cn(C)c(=O)c32)cc1. The van der Waals surface area contributed by atoms with Gasteiger partial charge < -0.3 is 24.7 Å². The van der Waals surface area contributed by atoms with Gasteiger partial charge in [0.05, 0.1) is 4.90 Å². The van der Waals surface area contributed by atoms with Crippen molar-refractivity contribution in [2.24, 2.45) is 13.0 Å². The van der Waals surface area contributed by atoms with E-state index >= 15 is 0 Å². The number of pyridine rings is 1. The molecule has 0 aliphatic carbocycles. The van der Waals surface area contributed by atoms with E-state index in [9.17, 15) is 31.6 Å². The minimum atomic E-state index is -4.22. The highest BCUT2D eigenvalue weighted by Crippen LogP contribution is 2.40. The van der Waals surface area contributed by atoms with E-state index in [0.717, 1.165) is 21.7 Å². The molecule has 2 aromatic heterocycles. The Bertz CT molecular complexity index is 2310. The third-order valence-electron chi connectivity index (χ3n) is 7.84. The summed E-state index contributed by atoms with van der Waals surface area (Å²) in [6.07, 6.45) is 1.95. The molecule has 1 atom stereocenters. The summed E-state index contributed by atoms with van der Waals surface area (Å²) in [6.45, 7) is 10.4. The minimum absolute atomic E-state index is 0.0294. The van der Waals surface area contributed by atoms with Crippen molar-refractivity contribution in [2.45, 2.75) is 58.1 Å². The lowest BCUT2D eigenvalue weighted by Gasteiger charge is -2.25. The van der Waals surface area contributed by atoms with Gasteiger partial charge in [-0.25, -0.2) is 26.0 Å². The largest absolute Gasteiger partial charge is 0.454 e. The number of amides is 2. The average Bonchev–Trinajstić information content (AvgIpc) is 3.49. The van der Waals surface area contributed by atoms with Crippen molar-refractivity contribution >= 4 is 38.6 Å². The van der Waals surface area contributed by atoms with E-state index in [1.54, 1.807) is 46.8 Å². The Morgan fingerprint density at radius 3 is 2.20 bits per heavy atom. The smallest absolute Gasteiger partial charge is 0.408 e. The number of hydrogen-bond donors (Lipinski definition) is 2. The molecule has 0 radical (unpaired) electrons. The van der Waals surface area contributed by atoms with E-state index in [1.165, 1.54) is 60.4 Å². The Morgan fingerprint density at radius 1 is 0.902 bits per heavy atom. The molecule has 0 aliphatic rings. The predicted octanol–water partition coefficient (Wildman–Crippen LogP) is 7.11. The van der Waals surface area contributed by atoms with Gasteiger partial charge in [-0.3, -0.25) is 9.59 Å². The van der Waals surface area contributed by atoms with Crippen LogP contribution < -0.4 is 20.9 Å². The molecular weight excluding hydrogens is 682 g/mol. The first-order valence-electron chi connectivity index (χ1n) is 16.0. The van der Waals surface area contributed by atoms with E-state index in [0.29, 0.717) is 11.6 Å². The molecule has 3 aromatic carbocycles. The molecule has 2 heterocycles. The van der Waals surface area contributed by atoms with E-state index < -0.39 is 50.9 Å². The number of fused-ring (bicyclic) bond motifs is 1. The fourth-order valence-electron chi connectivity index (χ4n) is 5.34. The molecule has 5 aromatic rings. The molecule has 2 N–H and O–H groups in total. The summed E-state index contributed by atoms with van der Waals surface area (Å²) < 4.78 is 69.5. The molecule has 0 saturated carbocycles. The number of rotatable bonds is 9. The topological polar surface area (TPSA) is 138 Å². The van der Waals surface area contributed by atoms with Crippen LogP contribution in [0.25, 0.3) is 22.0 Å². The summed E-state index contributed by atoms with van der Waals surface area (Å²) in [6, 6.07) is 13.9. The maximum absolute atomic E-state index is 14.8. The van der Waals surface area contributed by atoms with Crippen LogP contribution in [0.15, 0.2) is 88.8 Å². The highest BCUT2D eigenvalue weighted by Gasteiger charge is 2.28. The fraction of sp³-hybridized carbons (Fsp3) is 0.270. The Morgan fingerprint density at radius 2 is 1.57 bits per heavy atom. The molecule has 268 valence electrons. The Balaban J connectivity index is 1.65. The molecule has 0 spiro atoms. The van der Waals surface area contributed by atoms with Crippen LogP contribution in [0.1, 0.15) is 40.2 Å². The van der Waals surface area contributed by atoms with Crippen molar-refractivity contribution in [3.63, 3.8) is 0 Å². The second-order valence-corrected chi connectivity index (χ2v) is 15.2. The second kappa shape index (κ2) is 14.0. The van der Waals surface area contributed by atoms with Gasteiger partial charge in [0.2, 0.25) is 5.91 Å². The molecule has 51 heavy (non-hydrogen) atoms. The average molecular weight is 721 g/mol. The minimum Gasteiger partial charge on any atom is -0.454 e. The quantitative estimate of drug-likeness (QED) is 0.166. The lowest BCUT2D eigenvalue weighted by atomic mass is 10.0. The van der Waals surface area contributed by atoms with Crippen molar-refractivity contribution in [1.29, 1.82) is 0 Å². The van der Waals surface area contributed by atoms with Gasteiger partial charge in [-0.1, -0.05) is 31.5 Å². The zero-order chi connectivity index (χ0) is 37.4. The normalized spacial score (nSPS) is 12.5. The van der Waals surface area contributed by atoms with Gasteiger partial charge >= 0.3 is 6.09 Å². The molecule has 14 heteroatoms. The molecule has 0 fully saturated rings. The van der Waals surface area contributed by atoms with Crippen LogP contribution in [0.3, 0.4) is 0 Å². The van der Waals surface area contributed by atoms with Gasteiger partial charge in [-0.2, -0.15) is 0 Å². The maximum Gasteiger partial charge on any atom is 0.408 e. The van der Waals surface area contributed by atoms with Crippen LogP contribution in [-0.4, -0.2) is 40.6 Å². The zero-order valence-electron chi connectivity index (χ0n) is 29.1. The molecule has 11 nitrogen and oxygen atoms in total. The third-order valence-corrected chi connectivity index (χ3v) is 9.53. The van der Waals surface area contributed by atoms with E-state index in [2.05, 4.69) is 10.6 Å². The van der Waals surface area contributed by atoms with Gasteiger partial charge in [0.15, 0.2) is 11.6 Å². The molecule has 2 amide bonds. The highest BCUT2D eigenvalue weighted by molar-refractivity contribution is 7.90. The van der Waals surface area contributed by atoms with Crippen molar-refractivity contribution in [1.82, 2.24) is 13.9 Å². The Kier molecular flexibility index (Phi) is 10.1. The van der Waals surface area contributed by atoms with E-state index in [-0.39, 0.29) is 44.5 Å². The van der Waals surface area contributed by atoms with Crippen molar-refractivity contribution in [2.75, 3.05) is 5.32 Å². The summed E-state index contributed by atoms with van der Waals surface area (Å²) in [5.41, 5.74) is 0.0317. The van der Waals surface area contributed by atoms with Crippen LogP contribution in [-0.2, 0) is 26.6 Å². The van der Waals surface area contributed by atoms with Crippen LogP contribution in [0.5, 0.6) is 11.5 Å². The van der Waals surface area contributed by atoms with Crippen LogP contribution in [0.2, 0.25) is 0 Å². The number of hydrogen-bond acceptors (Lipinski definition) is 7. The number of benzene rings is 3. The molecule has 5 rings (SSSR count). The molecular formula is C37H38F2N4O7S. The van der Waals surface area contributed by atoms with E-state index in [1.807, 2.05) is 6.92 Å². The van der Waals surface area contributed by atoms with Gasteiger partial charge in [0.1, 0.15) is 28.7 Å². The van der Waals surface area contributed by atoms with Gasteiger partial charge in [-0.05, 0) is 82.1 Å². The number of carbonyl (C=O) groups is 2. The molecule has 0 unspecified atom stereocenters. The van der Waals surface area contributed by atoms with Crippen molar-refractivity contribution in [3.8, 4) is 22.6 Å². The third kappa shape index (κ3) is 7.96. The first-order chi connectivity index (χ1) is 23.9.